The monoisotopic (exact) mass is 552 g/mol. The van der Waals surface area contributed by atoms with Gasteiger partial charge in [0.1, 0.15) is 23.5 Å². The number of rotatable bonds is 6. The Morgan fingerprint density at radius 3 is 2.72 bits per heavy atom. The topological polar surface area (TPSA) is 99.6 Å². The highest BCUT2D eigenvalue weighted by atomic mass is 32.1. The lowest BCUT2D eigenvalue weighted by atomic mass is 9.76. The van der Waals surface area contributed by atoms with Crippen LogP contribution in [0.5, 0.6) is 5.75 Å². The molecule has 11 heteroatoms. The number of thiol groups is 1. The van der Waals surface area contributed by atoms with Crippen molar-refractivity contribution in [1.29, 1.82) is 0 Å². The van der Waals surface area contributed by atoms with E-state index in [9.17, 15) is 0 Å². The number of nitrogens with two attached hydrogens (primary N) is 1. The Kier molecular flexibility index (Phi) is 7.13. The van der Waals surface area contributed by atoms with Gasteiger partial charge in [-0.15, -0.1) is 0 Å². The molecule has 0 spiro atoms. The van der Waals surface area contributed by atoms with Crippen molar-refractivity contribution in [1.82, 2.24) is 19.6 Å². The summed E-state index contributed by atoms with van der Waals surface area (Å²) in [5, 5.41) is 8.03. The molecule has 0 amide bonds. The van der Waals surface area contributed by atoms with Crippen LogP contribution in [-0.2, 0) is 4.74 Å². The number of hydrogen-bond acceptors (Lipinski definition) is 8. The number of halogens is 2. The molecule has 1 unspecified atom stereocenters. The predicted octanol–water partition coefficient (Wildman–Crippen LogP) is 5.12. The number of hydrogen-bond donors (Lipinski definition) is 3. The van der Waals surface area contributed by atoms with Gasteiger partial charge in [0.2, 0.25) is 5.95 Å². The van der Waals surface area contributed by atoms with Gasteiger partial charge in [-0.1, -0.05) is 6.92 Å². The fraction of sp³-hybridized carbons (Fsp3) is 0.393. The molecule has 4 aromatic rings. The molecule has 1 aliphatic heterocycles. The van der Waals surface area contributed by atoms with Crippen molar-refractivity contribution in [2.45, 2.75) is 49.5 Å². The van der Waals surface area contributed by atoms with E-state index in [1.807, 2.05) is 6.07 Å². The molecule has 39 heavy (non-hydrogen) atoms. The largest absolute Gasteiger partial charge is 0.488 e. The highest BCUT2D eigenvalue weighted by molar-refractivity contribution is 7.81. The van der Waals surface area contributed by atoms with Crippen LogP contribution in [0.3, 0.4) is 0 Å². The van der Waals surface area contributed by atoms with Gasteiger partial charge in [-0.25, -0.2) is 13.8 Å². The van der Waals surface area contributed by atoms with Crippen LogP contribution < -0.4 is 15.8 Å². The lowest BCUT2D eigenvalue weighted by Gasteiger charge is -2.37. The van der Waals surface area contributed by atoms with Crippen LogP contribution in [0.15, 0.2) is 48.9 Å². The molecule has 1 aromatic carbocycles. The Labute approximate surface area is 230 Å². The minimum atomic E-state index is -0.759. The summed E-state index contributed by atoms with van der Waals surface area (Å²) in [6, 6.07) is 7.64. The summed E-state index contributed by atoms with van der Waals surface area (Å²) >= 11 is 4.69. The first-order valence-corrected chi connectivity index (χ1v) is 13.6. The molecule has 3 N–H and O–H groups in total. The quantitative estimate of drug-likeness (QED) is 0.286. The summed E-state index contributed by atoms with van der Waals surface area (Å²) in [4.78, 5) is 8.78. The predicted molar refractivity (Wildman–Crippen MR) is 148 cm³/mol. The average molecular weight is 553 g/mol. The average Bonchev–Trinajstić information content (AvgIpc) is 3.57. The van der Waals surface area contributed by atoms with Crippen molar-refractivity contribution in [3.63, 3.8) is 0 Å². The summed E-state index contributed by atoms with van der Waals surface area (Å²) in [6.45, 7) is 3.15. The van der Waals surface area contributed by atoms with E-state index in [0.29, 0.717) is 37.0 Å². The molecule has 204 valence electrons. The molecule has 0 radical (unpaired) electrons. The zero-order chi connectivity index (χ0) is 27.1. The van der Waals surface area contributed by atoms with E-state index in [1.165, 1.54) is 16.6 Å². The Hall–Kier alpha value is -3.28. The van der Waals surface area contributed by atoms with Gasteiger partial charge in [0.15, 0.2) is 0 Å². The molecule has 2 fully saturated rings. The number of pyridine rings is 1. The standard InChI is InChI=1S/C28H30F2N6O2S/c1-15-8-16(9-23(31)27(15)39)20-4-6-32-13-25(20)34-28-33-12-17-2-3-24(35-36(17)28)26-21(29)10-19(11-22(26)30)38-18-5-7-37-14-18/h2-4,6,10-13,15-16,18,23,27,39H,5,7-9,14,31H2,1H3,(H,33,34)/t15-,16+,18?,23+,27+/m0/s1. The summed E-state index contributed by atoms with van der Waals surface area (Å²) < 4.78 is 42.8. The van der Waals surface area contributed by atoms with Gasteiger partial charge in [-0.05, 0) is 48.4 Å². The number of aromatic nitrogens is 4. The lowest BCUT2D eigenvalue weighted by Crippen LogP contribution is -2.41. The van der Waals surface area contributed by atoms with E-state index in [-0.39, 0.29) is 40.3 Å². The van der Waals surface area contributed by atoms with Crippen molar-refractivity contribution in [2.24, 2.45) is 11.7 Å². The van der Waals surface area contributed by atoms with Gasteiger partial charge in [0, 0.05) is 36.0 Å². The Morgan fingerprint density at radius 1 is 1.15 bits per heavy atom. The number of anilines is 2. The minimum Gasteiger partial charge on any atom is -0.488 e. The molecule has 2 aliphatic rings. The van der Waals surface area contributed by atoms with Crippen LogP contribution in [-0.4, -0.2) is 50.2 Å². The summed E-state index contributed by atoms with van der Waals surface area (Å²) in [7, 11) is 0. The van der Waals surface area contributed by atoms with Gasteiger partial charge in [-0.3, -0.25) is 4.98 Å². The molecule has 8 nitrogen and oxygen atoms in total. The molecule has 1 saturated heterocycles. The zero-order valence-electron chi connectivity index (χ0n) is 21.4. The van der Waals surface area contributed by atoms with Crippen molar-refractivity contribution in [3.05, 3.63) is 66.1 Å². The molecule has 6 rings (SSSR count). The molecular weight excluding hydrogens is 522 g/mol. The first kappa shape index (κ1) is 26.0. The van der Waals surface area contributed by atoms with Crippen molar-refractivity contribution in [2.75, 3.05) is 18.5 Å². The van der Waals surface area contributed by atoms with Crippen LogP contribution in [0.4, 0.5) is 20.4 Å². The first-order valence-electron chi connectivity index (χ1n) is 13.1. The summed E-state index contributed by atoms with van der Waals surface area (Å²) in [6.07, 6.45) is 7.39. The zero-order valence-corrected chi connectivity index (χ0v) is 22.3. The fourth-order valence-electron chi connectivity index (χ4n) is 5.58. The molecule has 1 aliphatic carbocycles. The lowest BCUT2D eigenvalue weighted by molar-refractivity contribution is 0.141. The van der Waals surface area contributed by atoms with Crippen LogP contribution in [0.2, 0.25) is 0 Å². The fourth-order valence-corrected chi connectivity index (χ4v) is 5.82. The first-order chi connectivity index (χ1) is 18.9. The summed E-state index contributed by atoms with van der Waals surface area (Å²) in [5.74, 6) is -0.384. The van der Waals surface area contributed by atoms with E-state index in [2.05, 4.69) is 39.9 Å². The van der Waals surface area contributed by atoms with E-state index in [1.54, 1.807) is 30.7 Å². The third-order valence-corrected chi connectivity index (χ3v) is 8.51. The summed E-state index contributed by atoms with van der Waals surface area (Å²) in [5.41, 5.74) is 8.82. The maximum absolute atomic E-state index is 15.1. The highest BCUT2D eigenvalue weighted by Gasteiger charge is 2.33. The van der Waals surface area contributed by atoms with Gasteiger partial charge >= 0.3 is 0 Å². The smallest absolute Gasteiger partial charge is 0.229 e. The third kappa shape index (κ3) is 5.18. The molecule has 0 bridgehead atoms. The molecule has 4 heterocycles. The number of benzene rings is 1. The van der Waals surface area contributed by atoms with E-state index >= 15 is 8.78 Å². The maximum Gasteiger partial charge on any atom is 0.229 e. The van der Waals surface area contributed by atoms with Crippen LogP contribution >= 0.6 is 12.6 Å². The number of imidazole rings is 1. The number of nitrogens with one attached hydrogen (secondary N) is 1. The second kappa shape index (κ2) is 10.7. The molecular formula is C28H30F2N6O2S. The Morgan fingerprint density at radius 2 is 1.97 bits per heavy atom. The second-order valence-corrected chi connectivity index (χ2v) is 11.0. The normalized spacial score (nSPS) is 25.2. The van der Waals surface area contributed by atoms with Crippen LogP contribution in [0.1, 0.15) is 37.7 Å². The minimum absolute atomic E-state index is 0.00680. The number of nitrogens with zero attached hydrogens (tertiary/aromatic N) is 4. The molecule has 5 atom stereocenters. The van der Waals surface area contributed by atoms with Gasteiger partial charge in [-0.2, -0.15) is 22.2 Å². The SMILES string of the molecule is C[C@H]1C[C@@H](c2ccncc2Nc2ncc3ccc(-c4c(F)cc(OC5CCOC5)cc4F)nn23)C[C@@H](N)[C@@H]1S. The van der Waals surface area contributed by atoms with Crippen molar-refractivity contribution >= 4 is 29.8 Å². The van der Waals surface area contributed by atoms with Gasteiger partial charge < -0.3 is 20.5 Å². The van der Waals surface area contributed by atoms with Crippen LogP contribution in [0, 0.1) is 17.6 Å². The third-order valence-electron chi connectivity index (χ3n) is 7.62. The van der Waals surface area contributed by atoms with Crippen molar-refractivity contribution in [3.8, 4) is 17.0 Å². The van der Waals surface area contributed by atoms with Gasteiger partial charge in [0.25, 0.3) is 0 Å². The second-order valence-electron chi connectivity index (χ2n) is 10.4. The number of fused-ring (bicyclic) bond motifs is 1. The Bertz CT molecular complexity index is 1460. The van der Waals surface area contributed by atoms with E-state index in [0.717, 1.165) is 24.1 Å². The molecule has 1 saturated carbocycles. The highest BCUT2D eigenvalue weighted by Crippen LogP contribution is 2.40. The molecule has 3 aromatic heterocycles. The van der Waals surface area contributed by atoms with E-state index < -0.39 is 11.6 Å². The maximum atomic E-state index is 15.1. The van der Waals surface area contributed by atoms with E-state index in [4.69, 9.17) is 15.2 Å². The van der Waals surface area contributed by atoms with Crippen molar-refractivity contribution < 1.29 is 18.3 Å². The van der Waals surface area contributed by atoms with Gasteiger partial charge in [0.05, 0.1) is 48.1 Å². The Balaban J connectivity index is 1.30. The number of ether oxygens (including phenoxy) is 2. The van der Waals surface area contributed by atoms with Crippen LogP contribution in [0.25, 0.3) is 16.8 Å².